The maximum atomic E-state index is 11.7. The summed E-state index contributed by atoms with van der Waals surface area (Å²) >= 11 is 1.57. The number of nitrogens with one attached hydrogen (secondary N) is 1. The SMILES string of the molecule is O=C(CCC1CCNCC1)Cc1nccs1. The summed E-state index contributed by atoms with van der Waals surface area (Å²) < 4.78 is 0. The Morgan fingerprint density at radius 2 is 2.31 bits per heavy atom. The van der Waals surface area contributed by atoms with Gasteiger partial charge in [-0.1, -0.05) is 0 Å². The van der Waals surface area contributed by atoms with Crippen LogP contribution in [0, 0.1) is 5.92 Å². The van der Waals surface area contributed by atoms with Crippen molar-refractivity contribution < 1.29 is 4.79 Å². The fourth-order valence-electron chi connectivity index (χ4n) is 2.13. The van der Waals surface area contributed by atoms with E-state index in [-0.39, 0.29) is 0 Å². The van der Waals surface area contributed by atoms with Crippen molar-refractivity contribution >= 4 is 17.1 Å². The molecule has 0 saturated carbocycles. The molecule has 0 spiro atoms. The molecule has 1 aromatic rings. The molecule has 1 fully saturated rings. The Bertz CT molecular complexity index is 318. The first-order valence-electron chi connectivity index (χ1n) is 5.95. The molecule has 1 aliphatic rings. The average molecular weight is 238 g/mol. The van der Waals surface area contributed by atoms with E-state index in [1.807, 2.05) is 5.38 Å². The Hall–Kier alpha value is -0.740. The Labute approximate surface area is 100 Å². The van der Waals surface area contributed by atoms with Crippen LogP contribution in [-0.4, -0.2) is 23.9 Å². The number of Topliss-reactive ketones (excluding diaryl/α,β-unsaturated/α-hetero) is 1. The number of hydrogen-bond donors (Lipinski definition) is 1. The fraction of sp³-hybridized carbons (Fsp3) is 0.667. The van der Waals surface area contributed by atoms with Gasteiger partial charge in [0, 0.05) is 18.0 Å². The second-order valence-corrected chi connectivity index (χ2v) is 5.35. The fourth-order valence-corrected chi connectivity index (χ4v) is 2.78. The van der Waals surface area contributed by atoms with Crippen molar-refractivity contribution in [2.45, 2.75) is 32.1 Å². The minimum atomic E-state index is 0.341. The summed E-state index contributed by atoms with van der Waals surface area (Å²) in [7, 11) is 0. The predicted molar refractivity (Wildman–Crippen MR) is 65.7 cm³/mol. The summed E-state index contributed by atoms with van der Waals surface area (Å²) in [4.78, 5) is 15.8. The van der Waals surface area contributed by atoms with Gasteiger partial charge in [0.05, 0.1) is 11.4 Å². The number of hydrogen-bond acceptors (Lipinski definition) is 4. The van der Waals surface area contributed by atoms with E-state index >= 15 is 0 Å². The molecule has 0 atom stereocenters. The zero-order valence-corrected chi connectivity index (χ0v) is 10.3. The van der Waals surface area contributed by atoms with Crippen molar-refractivity contribution in [1.82, 2.24) is 10.3 Å². The lowest BCUT2D eigenvalue weighted by Crippen LogP contribution is -2.28. The van der Waals surface area contributed by atoms with Crippen molar-refractivity contribution in [3.63, 3.8) is 0 Å². The number of thiazole rings is 1. The van der Waals surface area contributed by atoms with Gasteiger partial charge in [-0.3, -0.25) is 4.79 Å². The highest BCUT2D eigenvalue weighted by Gasteiger charge is 2.14. The molecule has 0 bridgehead atoms. The maximum absolute atomic E-state index is 11.7. The first-order valence-corrected chi connectivity index (χ1v) is 6.83. The van der Waals surface area contributed by atoms with Gasteiger partial charge in [0.1, 0.15) is 5.78 Å². The minimum Gasteiger partial charge on any atom is -0.317 e. The zero-order chi connectivity index (χ0) is 11.2. The molecule has 16 heavy (non-hydrogen) atoms. The van der Waals surface area contributed by atoms with Crippen LogP contribution in [-0.2, 0) is 11.2 Å². The van der Waals surface area contributed by atoms with Gasteiger partial charge in [0.25, 0.3) is 0 Å². The lowest BCUT2D eigenvalue weighted by molar-refractivity contribution is -0.118. The molecule has 0 amide bonds. The standard InChI is InChI=1S/C12H18N2OS/c15-11(9-12-14-7-8-16-12)2-1-10-3-5-13-6-4-10/h7-8,10,13H,1-6,9H2. The van der Waals surface area contributed by atoms with Crippen LogP contribution >= 0.6 is 11.3 Å². The van der Waals surface area contributed by atoms with Gasteiger partial charge >= 0.3 is 0 Å². The average Bonchev–Trinajstić information content (AvgIpc) is 2.81. The second kappa shape index (κ2) is 6.11. The van der Waals surface area contributed by atoms with Crippen molar-refractivity contribution in [3.8, 4) is 0 Å². The number of ketones is 1. The third-order valence-corrected chi connectivity index (χ3v) is 3.90. The lowest BCUT2D eigenvalue weighted by Gasteiger charge is -2.21. The van der Waals surface area contributed by atoms with Crippen molar-refractivity contribution in [2.75, 3.05) is 13.1 Å². The van der Waals surface area contributed by atoms with Gasteiger partial charge in [-0.25, -0.2) is 4.98 Å². The highest BCUT2D eigenvalue weighted by atomic mass is 32.1. The van der Waals surface area contributed by atoms with Crippen LogP contribution < -0.4 is 5.32 Å². The summed E-state index contributed by atoms with van der Waals surface area (Å²) in [5.74, 6) is 1.09. The molecule has 1 aromatic heterocycles. The molecule has 0 unspecified atom stereocenters. The molecule has 0 aromatic carbocycles. The van der Waals surface area contributed by atoms with Crippen LogP contribution in [0.15, 0.2) is 11.6 Å². The van der Waals surface area contributed by atoms with Gasteiger partial charge in [-0.2, -0.15) is 0 Å². The van der Waals surface area contributed by atoms with Crippen LogP contribution in [0.5, 0.6) is 0 Å². The topological polar surface area (TPSA) is 42.0 Å². The summed E-state index contributed by atoms with van der Waals surface area (Å²) in [6.45, 7) is 2.23. The van der Waals surface area contributed by atoms with Crippen LogP contribution in [0.2, 0.25) is 0 Å². The van der Waals surface area contributed by atoms with E-state index in [2.05, 4.69) is 10.3 Å². The Morgan fingerprint density at radius 3 is 3.00 bits per heavy atom. The van der Waals surface area contributed by atoms with E-state index in [0.29, 0.717) is 12.2 Å². The highest BCUT2D eigenvalue weighted by Crippen LogP contribution is 2.18. The molecular weight excluding hydrogens is 220 g/mol. The van der Waals surface area contributed by atoms with E-state index in [1.165, 1.54) is 12.8 Å². The molecular formula is C12H18N2OS. The van der Waals surface area contributed by atoms with Gasteiger partial charge in [-0.15, -0.1) is 11.3 Å². The number of rotatable bonds is 5. The van der Waals surface area contributed by atoms with Crippen LogP contribution in [0.1, 0.15) is 30.7 Å². The second-order valence-electron chi connectivity index (χ2n) is 4.37. The Morgan fingerprint density at radius 1 is 1.50 bits per heavy atom. The molecule has 1 N–H and O–H groups in total. The van der Waals surface area contributed by atoms with E-state index in [4.69, 9.17) is 0 Å². The number of carbonyl (C=O) groups excluding carboxylic acids is 1. The normalized spacial score (nSPS) is 17.5. The van der Waals surface area contributed by atoms with Crippen LogP contribution in [0.3, 0.4) is 0 Å². The van der Waals surface area contributed by atoms with Gasteiger partial charge < -0.3 is 5.32 Å². The number of piperidine rings is 1. The molecule has 1 aliphatic heterocycles. The van der Waals surface area contributed by atoms with E-state index < -0.39 is 0 Å². The summed E-state index contributed by atoms with van der Waals surface area (Å²) in [5, 5.41) is 6.23. The third kappa shape index (κ3) is 3.68. The molecule has 0 radical (unpaired) electrons. The molecule has 2 heterocycles. The molecule has 4 heteroatoms. The van der Waals surface area contributed by atoms with Gasteiger partial charge in [0.15, 0.2) is 0 Å². The maximum Gasteiger partial charge on any atom is 0.139 e. The first kappa shape index (κ1) is 11.7. The molecule has 1 saturated heterocycles. The van der Waals surface area contributed by atoms with Gasteiger partial charge in [-0.05, 0) is 38.3 Å². The third-order valence-electron chi connectivity index (χ3n) is 3.12. The number of nitrogens with zero attached hydrogens (tertiary/aromatic N) is 1. The Balaban J connectivity index is 1.67. The zero-order valence-electron chi connectivity index (χ0n) is 9.45. The van der Waals surface area contributed by atoms with Crippen molar-refractivity contribution in [3.05, 3.63) is 16.6 Å². The van der Waals surface area contributed by atoms with Crippen molar-refractivity contribution in [2.24, 2.45) is 5.92 Å². The Kier molecular flexibility index (Phi) is 4.48. The van der Waals surface area contributed by atoms with Gasteiger partial charge in [0.2, 0.25) is 0 Å². The largest absolute Gasteiger partial charge is 0.317 e. The van der Waals surface area contributed by atoms with Crippen LogP contribution in [0.4, 0.5) is 0 Å². The van der Waals surface area contributed by atoms with E-state index in [1.54, 1.807) is 17.5 Å². The first-order chi connectivity index (χ1) is 7.84. The monoisotopic (exact) mass is 238 g/mol. The predicted octanol–water partition coefficient (Wildman–Crippen LogP) is 2.03. The quantitative estimate of drug-likeness (QED) is 0.853. The molecule has 0 aliphatic carbocycles. The minimum absolute atomic E-state index is 0.341. The number of carbonyl (C=O) groups is 1. The summed E-state index contributed by atoms with van der Waals surface area (Å²) in [6, 6.07) is 0. The smallest absolute Gasteiger partial charge is 0.139 e. The van der Waals surface area contributed by atoms with E-state index in [0.717, 1.165) is 36.9 Å². The molecule has 88 valence electrons. The molecule has 2 rings (SSSR count). The highest BCUT2D eigenvalue weighted by molar-refractivity contribution is 7.09. The summed E-state index contributed by atoms with van der Waals surface area (Å²) in [5.41, 5.74) is 0. The van der Waals surface area contributed by atoms with Crippen molar-refractivity contribution in [1.29, 1.82) is 0 Å². The molecule has 3 nitrogen and oxygen atoms in total. The number of aromatic nitrogens is 1. The lowest BCUT2D eigenvalue weighted by atomic mass is 9.92. The van der Waals surface area contributed by atoms with Crippen LogP contribution in [0.25, 0.3) is 0 Å². The summed E-state index contributed by atoms with van der Waals surface area (Å²) in [6.07, 6.45) is 6.54. The van der Waals surface area contributed by atoms with E-state index in [9.17, 15) is 4.79 Å².